The van der Waals surface area contributed by atoms with E-state index in [1.165, 1.54) is 0 Å². The summed E-state index contributed by atoms with van der Waals surface area (Å²) >= 11 is 5.98. The maximum atomic E-state index is 12.3. The Morgan fingerprint density at radius 1 is 1.40 bits per heavy atom. The zero-order chi connectivity index (χ0) is 18.4. The van der Waals surface area contributed by atoms with Crippen LogP contribution in [0.3, 0.4) is 0 Å². The molecule has 1 saturated carbocycles. The van der Waals surface area contributed by atoms with E-state index in [0.29, 0.717) is 30.2 Å². The maximum Gasteiger partial charge on any atom is 0.308 e. The predicted octanol–water partition coefficient (Wildman–Crippen LogP) is 3.30. The van der Waals surface area contributed by atoms with Gasteiger partial charge >= 0.3 is 5.97 Å². The first-order valence-corrected chi connectivity index (χ1v) is 8.85. The molecule has 0 heterocycles. The van der Waals surface area contributed by atoms with Gasteiger partial charge in [-0.1, -0.05) is 24.4 Å². The lowest BCUT2D eigenvalue weighted by Gasteiger charge is -2.39. The molecule has 2 atom stereocenters. The lowest BCUT2D eigenvalue weighted by Crippen LogP contribution is -2.55. The smallest absolute Gasteiger partial charge is 0.308 e. The first-order chi connectivity index (χ1) is 11.9. The molecule has 1 aliphatic rings. The standard InChI is InChI=1S/C18H25ClN2O4/c1-18(9-4-3-5-13(18)17(23)24)21-16(22)8-10-20-14-11-12(19)6-7-15(14)25-2/h6-7,11,13,20H,3-5,8-10H2,1-2H3,(H,21,22)(H,23,24). The molecular weight excluding hydrogens is 344 g/mol. The fourth-order valence-electron chi connectivity index (χ4n) is 3.39. The van der Waals surface area contributed by atoms with E-state index in [-0.39, 0.29) is 12.3 Å². The van der Waals surface area contributed by atoms with E-state index >= 15 is 0 Å². The van der Waals surface area contributed by atoms with Gasteiger partial charge in [0.05, 0.1) is 24.3 Å². The van der Waals surface area contributed by atoms with Crippen molar-refractivity contribution < 1.29 is 19.4 Å². The maximum absolute atomic E-state index is 12.3. The van der Waals surface area contributed by atoms with Crippen molar-refractivity contribution in [2.75, 3.05) is 19.0 Å². The number of carbonyl (C=O) groups excluding carboxylic acids is 1. The molecule has 0 aliphatic heterocycles. The molecule has 138 valence electrons. The van der Waals surface area contributed by atoms with Gasteiger partial charge in [0.2, 0.25) is 5.91 Å². The fraction of sp³-hybridized carbons (Fsp3) is 0.556. The number of methoxy groups -OCH3 is 1. The average Bonchev–Trinajstić information content (AvgIpc) is 2.54. The number of hydrogen-bond acceptors (Lipinski definition) is 4. The van der Waals surface area contributed by atoms with Crippen molar-refractivity contribution in [1.29, 1.82) is 0 Å². The molecule has 7 heteroatoms. The number of aliphatic carboxylic acids is 1. The van der Waals surface area contributed by atoms with Gasteiger partial charge in [-0.15, -0.1) is 0 Å². The van der Waals surface area contributed by atoms with Gasteiger partial charge < -0.3 is 20.5 Å². The summed E-state index contributed by atoms with van der Waals surface area (Å²) in [6.07, 6.45) is 3.34. The molecule has 1 aromatic carbocycles. The van der Waals surface area contributed by atoms with E-state index in [9.17, 15) is 14.7 Å². The van der Waals surface area contributed by atoms with E-state index in [0.717, 1.165) is 18.5 Å². The topological polar surface area (TPSA) is 87.7 Å². The number of rotatable bonds is 7. The number of amides is 1. The molecule has 1 fully saturated rings. The number of carboxylic acids is 1. The van der Waals surface area contributed by atoms with Gasteiger partial charge in [-0.3, -0.25) is 9.59 Å². The van der Waals surface area contributed by atoms with Crippen LogP contribution in [0, 0.1) is 5.92 Å². The molecular formula is C18H25ClN2O4. The summed E-state index contributed by atoms with van der Waals surface area (Å²) in [5.41, 5.74) is 0.0321. The number of nitrogens with one attached hydrogen (secondary N) is 2. The van der Waals surface area contributed by atoms with Crippen molar-refractivity contribution >= 4 is 29.2 Å². The normalized spacial score (nSPS) is 22.9. The largest absolute Gasteiger partial charge is 0.495 e. The highest BCUT2D eigenvalue weighted by atomic mass is 35.5. The minimum absolute atomic E-state index is 0.163. The molecule has 0 aromatic heterocycles. The number of hydrogen-bond donors (Lipinski definition) is 3. The third kappa shape index (κ3) is 5.01. The van der Waals surface area contributed by atoms with Crippen LogP contribution in [0.4, 0.5) is 5.69 Å². The van der Waals surface area contributed by atoms with Crippen LogP contribution in [0.2, 0.25) is 5.02 Å². The Hall–Kier alpha value is -1.95. The molecule has 1 aromatic rings. The third-order valence-corrected chi connectivity index (χ3v) is 5.00. The number of carboxylic acid groups (broad SMARTS) is 1. The summed E-state index contributed by atoms with van der Waals surface area (Å²) in [5.74, 6) is -0.894. The Bertz CT molecular complexity index is 638. The number of halogens is 1. The van der Waals surface area contributed by atoms with Crippen molar-refractivity contribution in [3.63, 3.8) is 0 Å². The van der Waals surface area contributed by atoms with Crippen molar-refractivity contribution in [1.82, 2.24) is 5.32 Å². The molecule has 0 spiro atoms. The van der Waals surface area contributed by atoms with Crippen LogP contribution in [0.25, 0.3) is 0 Å². The summed E-state index contributed by atoms with van der Waals surface area (Å²) in [6, 6.07) is 5.22. The van der Waals surface area contributed by atoms with Gasteiger partial charge in [-0.2, -0.15) is 0 Å². The van der Waals surface area contributed by atoms with Crippen LogP contribution in [-0.4, -0.2) is 36.2 Å². The summed E-state index contributed by atoms with van der Waals surface area (Å²) in [7, 11) is 1.57. The second-order valence-corrected chi connectivity index (χ2v) is 7.06. The molecule has 1 amide bonds. The summed E-state index contributed by atoms with van der Waals surface area (Å²) in [5, 5.41) is 16.0. The van der Waals surface area contributed by atoms with Gasteiger partial charge in [0.25, 0.3) is 0 Å². The van der Waals surface area contributed by atoms with E-state index in [2.05, 4.69) is 10.6 Å². The quantitative estimate of drug-likeness (QED) is 0.687. The minimum Gasteiger partial charge on any atom is -0.495 e. The second kappa shape index (κ2) is 8.43. The van der Waals surface area contributed by atoms with Crippen LogP contribution >= 0.6 is 11.6 Å². The summed E-state index contributed by atoms with van der Waals surface area (Å²) < 4.78 is 5.25. The minimum atomic E-state index is -0.843. The first-order valence-electron chi connectivity index (χ1n) is 8.47. The van der Waals surface area contributed by atoms with Gasteiger partial charge in [0.1, 0.15) is 5.75 Å². The van der Waals surface area contributed by atoms with Crippen molar-refractivity contribution in [3.8, 4) is 5.75 Å². The molecule has 25 heavy (non-hydrogen) atoms. The third-order valence-electron chi connectivity index (χ3n) is 4.76. The fourth-order valence-corrected chi connectivity index (χ4v) is 3.56. The van der Waals surface area contributed by atoms with E-state index < -0.39 is 17.4 Å². The van der Waals surface area contributed by atoms with E-state index in [1.807, 2.05) is 6.92 Å². The number of carbonyl (C=O) groups is 2. The van der Waals surface area contributed by atoms with Crippen molar-refractivity contribution in [2.24, 2.45) is 5.92 Å². The molecule has 0 radical (unpaired) electrons. The van der Waals surface area contributed by atoms with E-state index in [4.69, 9.17) is 16.3 Å². The molecule has 2 unspecified atom stereocenters. The van der Waals surface area contributed by atoms with Gasteiger partial charge in [0.15, 0.2) is 0 Å². The zero-order valence-electron chi connectivity index (χ0n) is 14.6. The number of benzene rings is 1. The SMILES string of the molecule is COc1ccc(Cl)cc1NCCC(=O)NC1(C)CCCCC1C(=O)O. The second-order valence-electron chi connectivity index (χ2n) is 6.62. The van der Waals surface area contributed by atoms with Gasteiger partial charge in [-0.25, -0.2) is 0 Å². The highest BCUT2D eigenvalue weighted by Gasteiger charge is 2.41. The predicted molar refractivity (Wildman–Crippen MR) is 97.3 cm³/mol. The molecule has 6 nitrogen and oxygen atoms in total. The monoisotopic (exact) mass is 368 g/mol. The van der Waals surface area contributed by atoms with Crippen LogP contribution in [0.5, 0.6) is 5.75 Å². The van der Waals surface area contributed by atoms with Gasteiger partial charge in [0, 0.05) is 18.0 Å². The Kier molecular flexibility index (Phi) is 6.53. The average molecular weight is 369 g/mol. The molecule has 3 N–H and O–H groups in total. The number of anilines is 1. The van der Waals surface area contributed by atoms with Crippen LogP contribution in [0.1, 0.15) is 39.0 Å². The highest BCUT2D eigenvalue weighted by Crippen LogP contribution is 2.34. The lowest BCUT2D eigenvalue weighted by molar-refractivity contribution is -0.146. The summed E-state index contributed by atoms with van der Waals surface area (Å²) in [6.45, 7) is 2.23. The first kappa shape index (κ1) is 19.4. The Balaban J connectivity index is 1.90. The summed E-state index contributed by atoms with van der Waals surface area (Å²) in [4.78, 5) is 23.8. The van der Waals surface area contributed by atoms with Crippen molar-refractivity contribution in [2.45, 2.75) is 44.6 Å². The number of ether oxygens (including phenoxy) is 1. The molecule has 0 saturated heterocycles. The van der Waals surface area contributed by atoms with E-state index in [1.54, 1.807) is 25.3 Å². The highest BCUT2D eigenvalue weighted by molar-refractivity contribution is 6.30. The Morgan fingerprint density at radius 2 is 2.16 bits per heavy atom. The van der Waals surface area contributed by atoms with Crippen LogP contribution in [-0.2, 0) is 9.59 Å². The van der Waals surface area contributed by atoms with Crippen LogP contribution in [0.15, 0.2) is 18.2 Å². The zero-order valence-corrected chi connectivity index (χ0v) is 15.4. The van der Waals surface area contributed by atoms with Crippen molar-refractivity contribution in [3.05, 3.63) is 23.2 Å². The van der Waals surface area contributed by atoms with Gasteiger partial charge in [-0.05, 0) is 38.0 Å². The molecule has 1 aliphatic carbocycles. The molecule has 2 rings (SSSR count). The lowest BCUT2D eigenvalue weighted by atomic mass is 9.74. The van der Waals surface area contributed by atoms with Crippen LogP contribution < -0.4 is 15.4 Å². The Labute approximate surface area is 152 Å². The Morgan fingerprint density at radius 3 is 2.84 bits per heavy atom. The molecule has 0 bridgehead atoms.